The van der Waals surface area contributed by atoms with Gasteiger partial charge in [-0.2, -0.15) is 18.3 Å². The Morgan fingerprint density at radius 2 is 1.87 bits per heavy atom. The van der Waals surface area contributed by atoms with E-state index in [2.05, 4.69) is 5.10 Å². The normalized spacial score (nSPS) is 14.7. The summed E-state index contributed by atoms with van der Waals surface area (Å²) in [7, 11) is 1.47. The number of halogens is 5. The van der Waals surface area contributed by atoms with Gasteiger partial charge in [0.25, 0.3) is 0 Å². The number of aldehydes is 1. The summed E-state index contributed by atoms with van der Waals surface area (Å²) < 4.78 is 45.1. The van der Waals surface area contributed by atoms with Gasteiger partial charge in [-0.3, -0.25) is 14.3 Å². The molecule has 1 fully saturated rings. The van der Waals surface area contributed by atoms with Crippen molar-refractivity contribution in [1.29, 1.82) is 0 Å². The van der Waals surface area contributed by atoms with Gasteiger partial charge in [0.1, 0.15) is 12.3 Å². The third kappa shape index (κ3) is 4.74. The number of benzene rings is 1. The average molecular weight is 479 g/mol. The zero-order valence-corrected chi connectivity index (χ0v) is 18.2. The van der Waals surface area contributed by atoms with Gasteiger partial charge < -0.3 is 14.5 Å². The zero-order valence-electron chi connectivity index (χ0n) is 16.7. The van der Waals surface area contributed by atoms with Crippen LogP contribution in [0.15, 0.2) is 12.1 Å². The molecule has 2 heterocycles. The van der Waals surface area contributed by atoms with E-state index in [4.69, 9.17) is 27.9 Å². The highest BCUT2D eigenvalue weighted by atomic mass is 35.5. The molecule has 0 atom stereocenters. The van der Waals surface area contributed by atoms with Crippen LogP contribution in [-0.2, 0) is 17.5 Å². The van der Waals surface area contributed by atoms with E-state index >= 15 is 0 Å². The van der Waals surface area contributed by atoms with Crippen molar-refractivity contribution >= 4 is 41.1 Å². The number of alkyl halides is 3. The zero-order chi connectivity index (χ0) is 22.9. The molecule has 2 aromatic rings. The molecule has 12 heteroatoms. The fourth-order valence-corrected chi connectivity index (χ4v) is 3.86. The topological polar surface area (TPSA) is 67.7 Å². The van der Waals surface area contributed by atoms with Crippen LogP contribution in [0.2, 0.25) is 10.0 Å². The van der Waals surface area contributed by atoms with Gasteiger partial charge in [-0.25, -0.2) is 0 Å². The number of methoxy groups -OCH3 is 1. The maximum absolute atomic E-state index is 13.0. The number of rotatable bonds is 5. The Labute approximate surface area is 186 Å². The number of hydrogen-bond donors (Lipinski definition) is 0. The summed E-state index contributed by atoms with van der Waals surface area (Å²) in [5.41, 5.74) is -0.104. The number of ether oxygens (including phenoxy) is 1. The molecule has 0 bridgehead atoms. The van der Waals surface area contributed by atoms with Crippen molar-refractivity contribution in [2.75, 3.05) is 38.2 Å². The standard InChI is InChI=1S/C19H19Cl2F3N4O3/c1-11-17(21)18(19(22,23)24)25-28(11)9-16(30)27-5-3-26(4-6-27)14-8-15(31-2)13(20)7-12(14)10-29/h7-8,10H,3-6,9H2,1-2H3. The first-order valence-electron chi connectivity index (χ1n) is 9.22. The highest BCUT2D eigenvalue weighted by molar-refractivity contribution is 6.32. The van der Waals surface area contributed by atoms with Crippen molar-refractivity contribution < 1.29 is 27.5 Å². The van der Waals surface area contributed by atoms with Gasteiger partial charge in [-0.05, 0) is 13.0 Å². The highest BCUT2D eigenvalue weighted by Crippen LogP contribution is 2.35. The van der Waals surface area contributed by atoms with Crippen molar-refractivity contribution in [3.05, 3.63) is 39.1 Å². The fourth-order valence-electron chi connectivity index (χ4n) is 3.37. The molecule has 3 rings (SSSR count). The molecule has 0 saturated carbocycles. The lowest BCUT2D eigenvalue weighted by Gasteiger charge is -2.36. The molecule has 1 aromatic heterocycles. The molecule has 1 aromatic carbocycles. The first-order valence-corrected chi connectivity index (χ1v) is 9.98. The molecule has 1 amide bonds. The van der Waals surface area contributed by atoms with E-state index < -0.39 is 16.9 Å². The van der Waals surface area contributed by atoms with Crippen LogP contribution in [0.25, 0.3) is 0 Å². The molecule has 0 N–H and O–H groups in total. The number of hydrogen-bond acceptors (Lipinski definition) is 5. The lowest BCUT2D eigenvalue weighted by atomic mass is 10.1. The maximum atomic E-state index is 13.0. The molecule has 1 aliphatic heterocycles. The van der Waals surface area contributed by atoms with Crippen LogP contribution in [0.1, 0.15) is 21.7 Å². The smallest absolute Gasteiger partial charge is 0.436 e. The Morgan fingerprint density at radius 1 is 1.23 bits per heavy atom. The Morgan fingerprint density at radius 3 is 2.39 bits per heavy atom. The Hall–Kier alpha value is -2.46. The monoisotopic (exact) mass is 478 g/mol. The summed E-state index contributed by atoms with van der Waals surface area (Å²) in [4.78, 5) is 27.5. The van der Waals surface area contributed by atoms with Crippen LogP contribution in [0.3, 0.4) is 0 Å². The number of piperazine rings is 1. The first-order chi connectivity index (χ1) is 14.6. The number of amides is 1. The van der Waals surface area contributed by atoms with Crippen LogP contribution >= 0.6 is 23.2 Å². The summed E-state index contributed by atoms with van der Waals surface area (Å²) in [5, 5.41) is 3.27. The lowest BCUT2D eigenvalue weighted by Crippen LogP contribution is -2.50. The molecule has 1 aliphatic rings. The minimum atomic E-state index is -4.70. The van der Waals surface area contributed by atoms with Gasteiger partial charge in [0, 0.05) is 37.8 Å². The van der Waals surface area contributed by atoms with E-state index in [9.17, 15) is 22.8 Å². The molecule has 168 valence electrons. The number of carbonyl (C=O) groups excluding carboxylic acids is 2. The lowest BCUT2D eigenvalue weighted by molar-refractivity contribution is -0.142. The SMILES string of the molecule is COc1cc(N2CCN(C(=O)Cn3nc(C(F)(F)F)c(Cl)c3C)CC2)c(C=O)cc1Cl. The largest absolute Gasteiger partial charge is 0.495 e. The molecule has 31 heavy (non-hydrogen) atoms. The van der Waals surface area contributed by atoms with Gasteiger partial charge in [0.05, 0.1) is 28.5 Å². The van der Waals surface area contributed by atoms with E-state index in [1.165, 1.54) is 25.0 Å². The molecule has 0 spiro atoms. The van der Waals surface area contributed by atoms with Crippen molar-refractivity contribution in [3.8, 4) is 5.75 Å². The third-order valence-corrected chi connectivity index (χ3v) is 5.84. The highest BCUT2D eigenvalue weighted by Gasteiger charge is 2.38. The molecule has 0 radical (unpaired) electrons. The molecular formula is C19H19Cl2F3N4O3. The molecule has 1 saturated heterocycles. The second-order valence-electron chi connectivity index (χ2n) is 6.93. The maximum Gasteiger partial charge on any atom is 0.436 e. The molecule has 0 aliphatic carbocycles. The quantitative estimate of drug-likeness (QED) is 0.613. The second kappa shape index (κ2) is 8.96. The molecule has 7 nitrogen and oxygen atoms in total. The Balaban J connectivity index is 1.69. The number of nitrogens with zero attached hydrogens (tertiary/aromatic N) is 4. The van der Waals surface area contributed by atoms with Gasteiger partial charge in [-0.1, -0.05) is 23.2 Å². The van der Waals surface area contributed by atoms with Crippen molar-refractivity contribution in [1.82, 2.24) is 14.7 Å². The number of aromatic nitrogens is 2. The van der Waals surface area contributed by atoms with E-state index in [0.717, 1.165) is 4.68 Å². The predicted octanol–water partition coefficient (Wildman–Crippen LogP) is 3.69. The number of carbonyl (C=O) groups is 2. The van der Waals surface area contributed by atoms with E-state index in [1.54, 1.807) is 6.07 Å². The summed E-state index contributed by atoms with van der Waals surface area (Å²) in [6.45, 7) is 2.51. The Kier molecular flexibility index (Phi) is 6.70. The predicted molar refractivity (Wildman–Crippen MR) is 109 cm³/mol. The van der Waals surface area contributed by atoms with E-state index in [1.807, 2.05) is 4.90 Å². The fraction of sp³-hybridized carbons (Fsp3) is 0.421. The molecule has 0 unspecified atom stereocenters. The van der Waals surface area contributed by atoms with Crippen LogP contribution in [0, 0.1) is 6.92 Å². The third-order valence-electron chi connectivity index (χ3n) is 5.09. The second-order valence-corrected chi connectivity index (χ2v) is 7.72. The first kappa shape index (κ1) is 23.2. The van der Waals surface area contributed by atoms with E-state index in [0.29, 0.717) is 54.5 Å². The number of anilines is 1. The van der Waals surface area contributed by atoms with E-state index in [-0.39, 0.29) is 18.1 Å². The minimum Gasteiger partial charge on any atom is -0.495 e. The summed E-state index contributed by atoms with van der Waals surface area (Å²) in [5.74, 6) is 0.0483. The summed E-state index contributed by atoms with van der Waals surface area (Å²) in [6, 6.07) is 3.18. The average Bonchev–Trinajstić information content (AvgIpc) is 3.02. The van der Waals surface area contributed by atoms with Gasteiger partial charge in [-0.15, -0.1) is 0 Å². The summed E-state index contributed by atoms with van der Waals surface area (Å²) in [6.07, 6.45) is -4.00. The van der Waals surface area contributed by atoms with Crippen molar-refractivity contribution in [3.63, 3.8) is 0 Å². The Bertz CT molecular complexity index is 1000. The van der Waals surface area contributed by atoms with Crippen molar-refractivity contribution in [2.24, 2.45) is 0 Å². The van der Waals surface area contributed by atoms with Crippen molar-refractivity contribution in [2.45, 2.75) is 19.6 Å². The van der Waals surface area contributed by atoms with Gasteiger partial charge >= 0.3 is 6.18 Å². The molecular weight excluding hydrogens is 460 g/mol. The van der Waals surface area contributed by atoms with Crippen LogP contribution in [0.5, 0.6) is 5.75 Å². The van der Waals surface area contributed by atoms with Crippen LogP contribution in [-0.4, -0.2) is 60.2 Å². The summed E-state index contributed by atoms with van der Waals surface area (Å²) >= 11 is 11.8. The van der Waals surface area contributed by atoms with Crippen LogP contribution < -0.4 is 9.64 Å². The van der Waals surface area contributed by atoms with Gasteiger partial charge in [0.2, 0.25) is 5.91 Å². The minimum absolute atomic E-state index is 0.0739. The van der Waals surface area contributed by atoms with Gasteiger partial charge in [0.15, 0.2) is 12.0 Å². The van der Waals surface area contributed by atoms with Crippen LogP contribution in [0.4, 0.5) is 18.9 Å².